The minimum absolute atomic E-state index is 0.0337. The summed E-state index contributed by atoms with van der Waals surface area (Å²) in [6, 6.07) is 38.1. The molecule has 54 heavy (non-hydrogen) atoms. The van der Waals surface area contributed by atoms with E-state index in [0.717, 1.165) is 12.1 Å². The van der Waals surface area contributed by atoms with Crippen LogP contribution in [0.25, 0.3) is 22.3 Å². The summed E-state index contributed by atoms with van der Waals surface area (Å²) >= 11 is 0. The van der Waals surface area contributed by atoms with Crippen molar-refractivity contribution in [2.75, 3.05) is 0 Å². The zero-order chi connectivity index (χ0) is 37.6. The molecule has 0 radical (unpaired) electrons. The second kappa shape index (κ2) is 15.2. The Morgan fingerprint density at radius 1 is 0.463 bits per heavy atom. The van der Waals surface area contributed by atoms with Gasteiger partial charge < -0.3 is 28.5 Å². The highest BCUT2D eigenvalue weighted by molar-refractivity contribution is 5.98. The van der Waals surface area contributed by atoms with Gasteiger partial charge in [0, 0.05) is 17.7 Å². The standard InChI is InChI=1S/C43H26O11/c44-31-24-34-36(35(25-31)53-42(48)28-17-9-3-10-18-28)37(45)39(54-43(49)29-19-11-4-12-20-29)38(50-34)30-21-22-32(51-40(46)26-13-5-1-6-14-26)33(23-30)52-41(47)27-15-7-2-8-16-27/h1-25,44H. The smallest absolute Gasteiger partial charge is 0.343 e. The van der Waals surface area contributed by atoms with Gasteiger partial charge in [-0.3, -0.25) is 4.79 Å². The van der Waals surface area contributed by atoms with Gasteiger partial charge in [-0.15, -0.1) is 0 Å². The quantitative estimate of drug-likeness (QED) is 0.114. The van der Waals surface area contributed by atoms with E-state index in [9.17, 15) is 29.1 Å². The minimum atomic E-state index is -0.936. The zero-order valence-electron chi connectivity index (χ0n) is 28.0. The first-order valence-corrected chi connectivity index (χ1v) is 16.3. The van der Waals surface area contributed by atoms with Crippen LogP contribution in [-0.4, -0.2) is 29.0 Å². The molecule has 0 bridgehead atoms. The molecule has 7 aromatic rings. The Bertz CT molecular complexity index is 2580. The molecule has 1 aromatic heterocycles. The Morgan fingerprint density at radius 2 is 0.889 bits per heavy atom. The summed E-state index contributed by atoms with van der Waals surface area (Å²) in [6.07, 6.45) is 0. The summed E-state index contributed by atoms with van der Waals surface area (Å²) < 4.78 is 28.8. The third-order valence-electron chi connectivity index (χ3n) is 7.95. The monoisotopic (exact) mass is 718 g/mol. The van der Waals surface area contributed by atoms with Crippen molar-refractivity contribution in [3.63, 3.8) is 0 Å². The van der Waals surface area contributed by atoms with Crippen LogP contribution in [0.5, 0.6) is 28.7 Å². The van der Waals surface area contributed by atoms with Crippen LogP contribution in [0.3, 0.4) is 0 Å². The number of phenols is 1. The molecule has 0 saturated heterocycles. The van der Waals surface area contributed by atoms with Crippen molar-refractivity contribution in [1.82, 2.24) is 0 Å². The molecule has 0 unspecified atom stereocenters. The number of rotatable bonds is 9. The number of benzene rings is 6. The van der Waals surface area contributed by atoms with Gasteiger partial charge in [-0.1, -0.05) is 72.8 Å². The lowest BCUT2D eigenvalue weighted by Crippen LogP contribution is -2.17. The average Bonchev–Trinajstić information content (AvgIpc) is 3.20. The molecule has 11 nitrogen and oxygen atoms in total. The lowest BCUT2D eigenvalue weighted by Gasteiger charge is -2.15. The van der Waals surface area contributed by atoms with Crippen LogP contribution in [0.15, 0.2) is 161 Å². The Balaban J connectivity index is 1.38. The summed E-state index contributed by atoms with van der Waals surface area (Å²) in [6.45, 7) is 0. The maximum atomic E-state index is 14.4. The molecule has 1 heterocycles. The largest absolute Gasteiger partial charge is 0.508 e. The Kier molecular flexibility index (Phi) is 9.76. The van der Waals surface area contributed by atoms with Crippen molar-refractivity contribution >= 4 is 34.8 Å². The van der Waals surface area contributed by atoms with Crippen molar-refractivity contribution in [1.29, 1.82) is 0 Å². The van der Waals surface area contributed by atoms with E-state index in [4.69, 9.17) is 23.4 Å². The maximum absolute atomic E-state index is 14.4. The summed E-state index contributed by atoms with van der Waals surface area (Å²) in [5, 5.41) is 10.3. The fourth-order valence-electron chi connectivity index (χ4n) is 5.35. The van der Waals surface area contributed by atoms with E-state index >= 15 is 0 Å². The first-order valence-electron chi connectivity index (χ1n) is 16.3. The molecule has 0 atom stereocenters. The topological polar surface area (TPSA) is 156 Å². The molecule has 0 saturated carbocycles. The van der Waals surface area contributed by atoms with Gasteiger partial charge in [0.05, 0.1) is 22.3 Å². The van der Waals surface area contributed by atoms with E-state index in [1.54, 1.807) is 84.9 Å². The van der Waals surface area contributed by atoms with E-state index < -0.39 is 40.8 Å². The highest BCUT2D eigenvalue weighted by Gasteiger charge is 2.27. The van der Waals surface area contributed by atoms with Crippen LogP contribution in [0.2, 0.25) is 0 Å². The van der Waals surface area contributed by atoms with Crippen LogP contribution < -0.4 is 24.4 Å². The van der Waals surface area contributed by atoms with Crippen LogP contribution in [-0.2, 0) is 0 Å². The summed E-state index contributed by atoms with van der Waals surface area (Å²) in [4.78, 5) is 67.2. The summed E-state index contributed by atoms with van der Waals surface area (Å²) in [5.41, 5.74) is -0.471. The Hall–Kier alpha value is -7.79. The number of aromatic hydroxyl groups is 1. The van der Waals surface area contributed by atoms with E-state index in [-0.39, 0.29) is 61.8 Å². The lowest BCUT2D eigenvalue weighted by molar-refractivity contribution is 0.0682. The SMILES string of the molecule is O=C(Oc1ccc(-c2oc3cc(O)cc(OC(=O)c4ccccc4)c3c(=O)c2OC(=O)c2ccccc2)cc1OC(=O)c1ccccc1)c1ccccc1. The molecule has 7 rings (SSSR count). The van der Waals surface area contributed by atoms with Crippen molar-refractivity contribution < 1.29 is 47.6 Å². The first-order chi connectivity index (χ1) is 26.2. The molecular weight excluding hydrogens is 692 g/mol. The highest BCUT2D eigenvalue weighted by atomic mass is 16.6. The Labute approximate surface area is 306 Å². The molecule has 264 valence electrons. The fourth-order valence-corrected chi connectivity index (χ4v) is 5.35. The molecule has 0 amide bonds. The van der Waals surface area contributed by atoms with Crippen LogP contribution in [0, 0.1) is 0 Å². The van der Waals surface area contributed by atoms with Gasteiger partial charge >= 0.3 is 23.9 Å². The molecule has 0 aliphatic heterocycles. The normalized spacial score (nSPS) is 10.7. The van der Waals surface area contributed by atoms with E-state index in [2.05, 4.69) is 0 Å². The van der Waals surface area contributed by atoms with Gasteiger partial charge in [0.15, 0.2) is 17.3 Å². The van der Waals surface area contributed by atoms with E-state index in [1.807, 2.05) is 0 Å². The summed E-state index contributed by atoms with van der Waals surface area (Å²) in [5.74, 6) is -5.43. The second-order valence-electron chi connectivity index (χ2n) is 11.6. The van der Waals surface area contributed by atoms with Gasteiger partial charge in [0.1, 0.15) is 22.5 Å². The molecule has 1 N–H and O–H groups in total. The van der Waals surface area contributed by atoms with Gasteiger partial charge in [0.25, 0.3) is 0 Å². The average molecular weight is 719 g/mol. The number of ether oxygens (including phenoxy) is 4. The third-order valence-corrected chi connectivity index (χ3v) is 7.95. The van der Waals surface area contributed by atoms with Crippen molar-refractivity contribution in [2.45, 2.75) is 0 Å². The minimum Gasteiger partial charge on any atom is -0.508 e. The molecule has 11 heteroatoms. The number of phenolic OH excluding ortho intramolecular Hbond substituents is 1. The number of carbonyl (C=O) groups is 4. The molecule has 0 aliphatic carbocycles. The van der Waals surface area contributed by atoms with Crippen LogP contribution in [0.1, 0.15) is 41.4 Å². The molecule has 6 aromatic carbocycles. The predicted molar refractivity (Wildman–Crippen MR) is 195 cm³/mol. The van der Waals surface area contributed by atoms with Gasteiger partial charge in [-0.05, 0) is 66.7 Å². The lowest BCUT2D eigenvalue weighted by atomic mass is 10.1. The number of hydrogen-bond acceptors (Lipinski definition) is 11. The van der Waals surface area contributed by atoms with Crippen molar-refractivity contribution in [3.8, 4) is 40.1 Å². The molecule has 0 fully saturated rings. The number of esters is 4. The predicted octanol–water partition coefficient (Wildman–Crippen LogP) is 8.04. The molecule has 0 aliphatic rings. The number of hydrogen-bond donors (Lipinski definition) is 1. The van der Waals surface area contributed by atoms with Crippen molar-refractivity contribution in [3.05, 3.63) is 184 Å². The molecule has 0 spiro atoms. The van der Waals surface area contributed by atoms with Crippen LogP contribution in [0.4, 0.5) is 0 Å². The Morgan fingerprint density at radius 3 is 1.37 bits per heavy atom. The maximum Gasteiger partial charge on any atom is 0.343 e. The second-order valence-corrected chi connectivity index (χ2v) is 11.6. The van der Waals surface area contributed by atoms with Gasteiger partial charge in [-0.25, -0.2) is 19.2 Å². The zero-order valence-corrected chi connectivity index (χ0v) is 28.0. The van der Waals surface area contributed by atoms with Gasteiger partial charge in [-0.2, -0.15) is 0 Å². The van der Waals surface area contributed by atoms with E-state index in [0.29, 0.717) is 0 Å². The number of fused-ring (bicyclic) bond motifs is 1. The van der Waals surface area contributed by atoms with Crippen molar-refractivity contribution in [2.24, 2.45) is 0 Å². The van der Waals surface area contributed by atoms with Gasteiger partial charge in [0.2, 0.25) is 11.2 Å². The van der Waals surface area contributed by atoms with Crippen LogP contribution >= 0.6 is 0 Å². The number of carbonyl (C=O) groups excluding carboxylic acids is 4. The summed E-state index contributed by atoms with van der Waals surface area (Å²) in [7, 11) is 0. The molecular formula is C43H26O11. The van der Waals surface area contributed by atoms with E-state index in [1.165, 1.54) is 54.6 Å². The third kappa shape index (κ3) is 7.46. The first kappa shape index (κ1) is 34.6. The highest BCUT2D eigenvalue weighted by Crippen LogP contribution is 2.40. The fraction of sp³-hybridized carbons (Fsp3) is 0.